The zero-order valence-corrected chi connectivity index (χ0v) is 10.8. The molecule has 3 heteroatoms. The lowest BCUT2D eigenvalue weighted by molar-refractivity contribution is 0.502. The lowest BCUT2D eigenvalue weighted by Crippen LogP contribution is -2.33. The van der Waals surface area contributed by atoms with E-state index in [0.29, 0.717) is 5.92 Å². The summed E-state index contributed by atoms with van der Waals surface area (Å²) in [5.74, 6) is 1.86. The van der Waals surface area contributed by atoms with Gasteiger partial charge in [0.05, 0.1) is 6.20 Å². The van der Waals surface area contributed by atoms with Crippen LogP contribution < -0.4 is 4.90 Å². The first-order valence-corrected chi connectivity index (χ1v) is 6.64. The molecule has 0 saturated carbocycles. The maximum Gasteiger partial charge on any atom is 0.123 e. The molecule has 0 radical (unpaired) electrons. The number of aryl methyl sites for hydroxylation is 1. The number of aromatic amines is 1. The molecule has 1 aliphatic rings. The van der Waals surface area contributed by atoms with Crippen molar-refractivity contribution in [2.45, 2.75) is 25.7 Å². The molecule has 0 unspecified atom stereocenters. The van der Waals surface area contributed by atoms with Crippen LogP contribution in [0.1, 0.15) is 29.9 Å². The summed E-state index contributed by atoms with van der Waals surface area (Å²) in [5.41, 5.74) is 2.83. The molecule has 94 valence electrons. The minimum absolute atomic E-state index is 0.713. The van der Waals surface area contributed by atoms with Crippen LogP contribution in [0.4, 0.5) is 5.82 Å². The van der Waals surface area contributed by atoms with E-state index < -0.39 is 0 Å². The van der Waals surface area contributed by atoms with E-state index in [-0.39, 0.29) is 0 Å². The van der Waals surface area contributed by atoms with Gasteiger partial charge in [-0.15, -0.1) is 0 Å². The Morgan fingerprint density at radius 1 is 1.11 bits per heavy atom. The smallest absolute Gasteiger partial charge is 0.123 e. The predicted octanol–water partition coefficient (Wildman–Crippen LogP) is 3.10. The van der Waals surface area contributed by atoms with E-state index in [1.54, 1.807) is 0 Å². The van der Waals surface area contributed by atoms with Crippen LogP contribution in [0.25, 0.3) is 0 Å². The van der Waals surface area contributed by atoms with Gasteiger partial charge in [0.2, 0.25) is 0 Å². The minimum atomic E-state index is 0.713. The number of hydrogen-bond acceptors (Lipinski definition) is 2. The van der Waals surface area contributed by atoms with Gasteiger partial charge in [-0.1, -0.05) is 29.8 Å². The molecule has 18 heavy (non-hydrogen) atoms. The van der Waals surface area contributed by atoms with E-state index in [1.165, 1.54) is 24.0 Å². The Kier molecular flexibility index (Phi) is 3.05. The summed E-state index contributed by atoms with van der Waals surface area (Å²) in [7, 11) is 0. The van der Waals surface area contributed by atoms with Gasteiger partial charge in [0.25, 0.3) is 0 Å². The van der Waals surface area contributed by atoms with Crippen LogP contribution >= 0.6 is 0 Å². The summed E-state index contributed by atoms with van der Waals surface area (Å²) in [5, 5.41) is 7.06. The van der Waals surface area contributed by atoms with Gasteiger partial charge in [0.1, 0.15) is 5.82 Å². The number of aromatic nitrogens is 2. The van der Waals surface area contributed by atoms with E-state index in [0.717, 1.165) is 18.9 Å². The number of hydrogen-bond donors (Lipinski definition) is 1. The van der Waals surface area contributed by atoms with E-state index >= 15 is 0 Å². The summed E-state index contributed by atoms with van der Waals surface area (Å²) in [6, 6.07) is 11.1. The molecular weight excluding hydrogens is 222 g/mol. The van der Waals surface area contributed by atoms with Crippen LogP contribution in [0.15, 0.2) is 36.5 Å². The third-order valence-corrected chi connectivity index (χ3v) is 3.87. The quantitative estimate of drug-likeness (QED) is 0.876. The molecule has 1 N–H and O–H groups in total. The molecule has 0 amide bonds. The standard InChI is InChI=1S/C15H19N3/c1-12-2-4-13(5-3-12)14-7-10-18(11-8-14)15-6-9-16-17-15/h2-6,9,14H,7-8,10-11H2,1H3,(H,16,17). The number of rotatable bonds is 2. The zero-order valence-electron chi connectivity index (χ0n) is 10.8. The lowest BCUT2D eigenvalue weighted by atomic mass is 9.89. The van der Waals surface area contributed by atoms with Gasteiger partial charge >= 0.3 is 0 Å². The first-order chi connectivity index (χ1) is 8.83. The SMILES string of the molecule is Cc1ccc(C2CCN(c3ccn[nH]3)CC2)cc1. The third kappa shape index (κ3) is 2.26. The number of nitrogens with one attached hydrogen (secondary N) is 1. The normalized spacial score (nSPS) is 17.1. The van der Waals surface area contributed by atoms with Crippen molar-refractivity contribution in [2.24, 2.45) is 0 Å². The summed E-state index contributed by atoms with van der Waals surface area (Å²) < 4.78 is 0. The van der Waals surface area contributed by atoms with Crippen molar-refractivity contribution in [1.29, 1.82) is 0 Å². The second kappa shape index (κ2) is 4.84. The fraction of sp³-hybridized carbons (Fsp3) is 0.400. The van der Waals surface area contributed by atoms with Crippen molar-refractivity contribution in [1.82, 2.24) is 10.2 Å². The van der Waals surface area contributed by atoms with Gasteiger partial charge in [-0.3, -0.25) is 5.10 Å². The van der Waals surface area contributed by atoms with Crippen molar-refractivity contribution >= 4 is 5.82 Å². The number of anilines is 1. The van der Waals surface area contributed by atoms with Crippen LogP contribution in [-0.4, -0.2) is 23.3 Å². The van der Waals surface area contributed by atoms with Crippen LogP contribution in [-0.2, 0) is 0 Å². The van der Waals surface area contributed by atoms with E-state index in [2.05, 4.69) is 46.3 Å². The second-order valence-corrected chi connectivity index (χ2v) is 5.11. The molecule has 1 fully saturated rings. The molecule has 1 aromatic carbocycles. The molecule has 0 spiro atoms. The van der Waals surface area contributed by atoms with Crippen LogP contribution in [0.2, 0.25) is 0 Å². The van der Waals surface area contributed by atoms with E-state index in [1.807, 2.05) is 12.3 Å². The molecule has 2 aromatic rings. The molecule has 1 aliphatic heterocycles. The number of benzene rings is 1. The molecule has 2 heterocycles. The molecular formula is C15H19N3. The topological polar surface area (TPSA) is 31.9 Å². The van der Waals surface area contributed by atoms with Gasteiger partial charge in [-0.2, -0.15) is 5.10 Å². The fourth-order valence-corrected chi connectivity index (χ4v) is 2.72. The minimum Gasteiger partial charge on any atom is -0.357 e. The first kappa shape index (κ1) is 11.3. The number of H-pyrrole nitrogens is 1. The maximum absolute atomic E-state index is 4.02. The predicted molar refractivity (Wildman–Crippen MR) is 74.0 cm³/mol. The molecule has 1 aromatic heterocycles. The molecule has 0 bridgehead atoms. The Labute approximate surface area is 108 Å². The van der Waals surface area contributed by atoms with Crippen molar-refractivity contribution in [3.8, 4) is 0 Å². The van der Waals surface area contributed by atoms with Gasteiger partial charge < -0.3 is 4.90 Å². The number of nitrogens with zero attached hydrogens (tertiary/aromatic N) is 2. The first-order valence-electron chi connectivity index (χ1n) is 6.64. The molecule has 0 aliphatic carbocycles. The Morgan fingerprint density at radius 2 is 1.83 bits per heavy atom. The van der Waals surface area contributed by atoms with Crippen molar-refractivity contribution in [3.05, 3.63) is 47.7 Å². The largest absolute Gasteiger partial charge is 0.357 e. The van der Waals surface area contributed by atoms with Crippen LogP contribution in [0, 0.1) is 6.92 Å². The monoisotopic (exact) mass is 241 g/mol. The molecule has 0 atom stereocenters. The van der Waals surface area contributed by atoms with Crippen molar-refractivity contribution in [2.75, 3.05) is 18.0 Å². The highest BCUT2D eigenvalue weighted by Gasteiger charge is 2.21. The van der Waals surface area contributed by atoms with Gasteiger partial charge in [-0.05, 0) is 31.2 Å². The summed E-state index contributed by atoms with van der Waals surface area (Å²) in [4.78, 5) is 2.39. The lowest BCUT2D eigenvalue weighted by Gasteiger charge is -2.32. The van der Waals surface area contributed by atoms with Crippen LogP contribution in [0.3, 0.4) is 0 Å². The van der Waals surface area contributed by atoms with Crippen molar-refractivity contribution in [3.63, 3.8) is 0 Å². The average Bonchev–Trinajstić information content (AvgIpc) is 2.94. The van der Waals surface area contributed by atoms with Crippen molar-refractivity contribution < 1.29 is 0 Å². The maximum atomic E-state index is 4.02. The highest BCUT2D eigenvalue weighted by atomic mass is 15.3. The summed E-state index contributed by atoms with van der Waals surface area (Å²) in [6.07, 6.45) is 4.27. The van der Waals surface area contributed by atoms with E-state index in [9.17, 15) is 0 Å². The van der Waals surface area contributed by atoms with E-state index in [4.69, 9.17) is 0 Å². The Hall–Kier alpha value is -1.77. The van der Waals surface area contributed by atoms with Gasteiger partial charge in [0.15, 0.2) is 0 Å². The number of piperidine rings is 1. The average molecular weight is 241 g/mol. The summed E-state index contributed by atoms with van der Waals surface area (Å²) in [6.45, 7) is 4.37. The third-order valence-electron chi connectivity index (χ3n) is 3.87. The highest BCUT2D eigenvalue weighted by molar-refractivity contribution is 5.38. The zero-order chi connectivity index (χ0) is 12.4. The molecule has 3 nitrogen and oxygen atoms in total. The Bertz CT molecular complexity index is 479. The highest BCUT2D eigenvalue weighted by Crippen LogP contribution is 2.29. The molecule has 3 rings (SSSR count). The fourth-order valence-electron chi connectivity index (χ4n) is 2.72. The Morgan fingerprint density at radius 3 is 2.44 bits per heavy atom. The molecule has 1 saturated heterocycles. The van der Waals surface area contributed by atoms with Gasteiger partial charge in [-0.25, -0.2) is 0 Å². The summed E-state index contributed by atoms with van der Waals surface area (Å²) >= 11 is 0. The van der Waals surface area contributed by atoms with Gasteiger partial charge in [0, 0.05) is 19.2 Å². The Balaban J connectivity index is 1.65. The van der Waals surface area contributed by atoms with Crippen LogP contribution in [0.5, 0.6) is 0 Å². The second-order valence-electron chi connectivity index (χ2n) is 5.11.